The number of thioether (sulfide) groups is 1. The summed E-state index contributed by atoms with van der Waals surface area (Å²) in [5.74, 6) is 0.630. The van der Waals surface area contributed by atoms with E-state index in [2.05, 4.69) is 10.2 Å². The van der Waals surface area contributed by atoms with E-state index in [0.29, 0.717) is 13.1 Å². The van der Waals surface area contributed by atoms with Crippen molar-refractivity contribution in [2.75, 3.05) is 25.4 Å². The zero-order valence-corrected chi connectivity index (χ0v) is 10.9. The third-order valence-electron chi connectivity index (χ3n) is 3.50. The van der Waals surface area contributed by atoms with Gasteiger partial charge in [0.15, 0.2) is 0 Å². The minimum absolute atomic E-state index is 0.0463. The molecule has 2 fully saturated rings. The molecule has 0 aliphatic carbocycles. The molecule has 2 atom stereocenters. The normalized spacial score (nSPS) is 28.1. The standard InChI is InChI=1S/C11H18N4O2S/c1-13-9-7-18-11(14-9)2-4-15(5-3-11)10(17)8(12)6-16/h8-9,14,16H,2-7,12H2/t8-,9-/m0/s1. The maximum atomic E-state index is 11.8. The topological polar surface area (TPSA) is 83.0 Å². The van der Waals surface area contributed by atoms with Gasteiger partial charge in [-0.15, -0.1) is 11.8 Å². The Labute approximate surface area is 111 Å². The maximum Gasteiger partial charge on any atom is 0.287 e. The van der Waals surface area contributed by atoms with Crippen molar-refractivity contribution in [1.29, 1.82) is 0 Å². The second-order valence-electron chi connectivity index (χ2n) is 4.71. The number of hydrogen-bond donors (Lipinski definition) is 3. The molecule has 4 N–H and O–H groups in total. The first kappa shape index (κ1) is 13.6. The molecule has 0 aromatic carbocycles. The molecule has 0 radical (unpaired) electrons. The molecular formula is C11H18N4O2S. The predicted octanol–water partition coefficient (Wildman–Crippen LogP) is -0.794. The summed E-state index contributed by atoms with van der Waals surface area (Å²) in [6.45, 7) is 7.99. The number of nitrogens with zero attached hydrogens (tertiary/aromatic N) is 2. The number of nitrogens with two attached hydrogens (primary N) is 1. The minimum atomic E-state index is -0.806. The Bertz CT molecular complexity index is 363. The molecule has 2 heterocycles. The summed E-state index contributed by atoms with van der Waals surface area (Å²) in [5, 5.41) is 12.2. The minimum Gasteiger partial charge on any atom is -0.394 e. The van der Waals surface area contributed by atoms with Gasteiger partial charge in [0, 0.05) is 13.1 Å². The van der Waals surface area contributed by atoms with Crippen molar-refractivity contribution >= 4 is 17.7 Å². The summed E-state index contributed by atoms with van der Waals surface area (Å²) in [4.78, 5) is 17.0. The quantitative estimate of drug-likeness (QED) is 0.573. The van der Waals surface area contributed by atoms with Crippen LogP contribution in [0.25, 0.3) is 4.85 Å². The van der Waals surface area contributed by atoms with E-state index in [1.165, 1.54) is 0 Å². The number of amides is 1. The Kier molecular flexibility index (Phi) is 4.12. The number of aliphatic hydroxyl groups is 1. The molecule has 2 aliphatic heterocycles. The summed E-state index contributed by atoms with van der Waals surface area (Å²) in [6.07, 6.45) is 1.55. The van der Waals surface area contributed by atoms with E-state index in [0.717, 1.165) is 18.6 Å². The van der Waals surface area contributed by atoms with Crippen molar-refractivity contribution in [1.82, 2.24) is 10.2 Å². The summed E-state index contributed by atoms with van der Waals surface area (Å²) in [6, 6.07) is -0.806. The van der Waals surface area contributed by atoms with E-state index >= 15 is 0 Å². The first-order valence-electron chi connectivity index (χ1n) is 6.04. The van der Waals surface area contributed by atoms with Crippen LogP contribution in [0.4, 0.5) is 0 Å². The Morgan fingerprint density at radius 1 is 1.67 bits per heavy atom. The molecule has 6 nitrogen and oxygen atoms in total. The van der Waals surface area contributed by atoms with E-state index in [1.54, 1.807) is 16.7 Å². The van der Waals surface area contributed by atoms with E-state index in [9.17, 15) is 4.79 Å². The average Bonchev–Trinajstić information content (AvgIpc) is 2.81. The Hall–Kier alpha value is -0.810. The summed E-state index contributed by atoms with van der Waals surface area (Å²) in [7, 11) is 0. The highest BCUT2D eigenvalue weighted by atomic mass is 32.2. The van der Waals surface area contributed by atoms with Gasteiger partial charge in [0.2, 0.25) is 5.91 Å². The van der Waals surface area contributed by atoms with Crippen LogP contribution in [-0.4, -0.2) is 58.4 Å². The van der Waals surface area contributed by atoms with Crippen molar-refractivity contribution in [3.8, 4) is 0 Å². The van der Waals surface area contributed by atoms with Crippen molar-refractivity contribution in [3.63, 3.8) is 0 Å². The lowest BCUT2D eigenvalue weighted by Gasteiger charge is -2.38. The molecule has 1 spiro atoms. The molecule has 0 unspecified atom stereocenters. The van der Waals surface area contributed by atoms with Crippen molar-refractivity contribution < 1.29 is 9.90 Å². The van der Waals surface area contributed by atoms with E-state index in [4.69, 9.17) is 17.4 Å². The number of hydrogen-bond acceptors (Lipinski definition) is 5. The molecule has 2 saturated heterocycles. The highest BCUT2D eigenvalue weighted by molar-refractivity contribution is 8.00. The lowest BCUT2D eigenvalue weighted by molar-refractivity contribution is -0.134. The number of aliphatic hydroxyl groups excluding tert-OH is 1. The van der Waals surface area contributed by atoms with Gasteiger partial charge in [-0.2, -0.15) is 0 Å². The fraction of sp³-hybridized carbons (Fsp3) is 0.818. The van der Waals surface area contributed by atoms with Crippen LogP contribution < -0.4 is 11.1 Å². The van der Waals surface area contributed by atoms with Gasteiger partial charge in [-0.25, -0.2) is 11.9 Å². The van der Waals surface area contributed by atoms with Crippen LogP contribution in [0.2, 0.25) is 0 Å². The predicted molar refractivity (Wildman–Crippen MR) is 69.6 cm³/mol. The maximum absolute atomic E-state index is 11.8. The molecule has 7 heteroatoms. The molecule has 0 saturated carbocycles. The van der Waals surface area contributed by atoms with Gasteiger partial charge in [0.05, 0.1) is 17.2 Å². The highest BCUT2D eigenvalue weighted by Crippen LogP contribution is 2.39. The van der Waals surface area contributed by atoms with Gasteiger partial charge < -0.3 is 15.7 Å². The largest absolute Gasteiger partial charge is 0.394 e. The summed E-state index contributed by atoms with van der Waals surface area (Å²) in [5.41, 5.74) is 5.53. The van der Waals surface area contributed by atoms with Gasteiger partial charge in [-0.05, 0) is 12.8 Å². The number of rotatable bonds is 2. The Morgan fingerprint density at radius 3 is 2.83 bits per heavy atom. The molecule has 1 amide bonds. The molecule has 100 valence electrons. The van der Waals surface area contributed by atoms with Crippen LogP contribution in [0.3, 0.4) is 0 Å². The van der Waals surface area contributed by atoms with Crippen molar-refractivity contribution in [2.24, 2.45) is 5.73 Å². The zero-order valence-electron chi connectivity index (χ0n) is 10.1. The smallest absolute Gasteiger partial charge is 0.287 e. The molecule has 2 rings (SSSR count). The molecule has 18 heavy (non-hydrogen) atoms. The molecule has 2 aliphatic rings. The van der Waals surface area contributed by atoms with Crippen LogP contribution >= 0.6 is 11.8 Å². The van der Waals surface area contributed by atoms with Crippen LogP contribution in [-0.2, 0) is 4.79 Å². The number of piperidine rings is 1. The molecule has 0 aromatic heterocycles. The first-order chi connectivity index (χ1) is 8.60. The zero-order chi connectivity index (χ0) is 13.2. The number of carbonyl (C=O) groups is 1. The van der Waals surface area contributed by atoms with Gasteiger partial charge in [0.25, 0.3) is 6.17 Å². The number of carbonyl (C=O) groups excluding carboxylic acids is 1. The van der Waals surface area contributed by atoms with Gasteiger partial charge in [-0.1, -0.05) is 0 Å². The first-order valence-corrected chi connectivity index (χ1v) is 7.02. The fourth-order valence-corrected chi connectivity index (χ4v) is 3.71. The number of nitrogens with one attached hydrogen (secondary N) is 1. The third kappa shape index (κ3) is 2.62. The molecule has 0 aromatic rings. The molecule has 0 bridgehead atoms. The number of likely N-dealkylation sites (tertiary alicyclic amines) is 1. The summed E-state index contributed by atoms with van der Waals surface area (Å²) >= 11 is 1.78. The van der Waals surface area contributed by atoms with E-state index < -0.39 is 6.04 Å². The van der Waals surface area contributed by atoms with Crippen LogP contribution in [0.1, 0.15) is 12.8 Å². The van der Waals surface area contributed by atoms with Gasteiger partial charge >= 0.3 is 0 Å². The van der Waals surface area contributed by atoms with Crippen LogP contribution in [0, 0.1) is 6.57 Å². The third-order valence-corrected chi connectivity index (χ3v) is 5.06. The van der Waals surface area contributed by atoms with Crippen LogP contribution in [0.5, 0.6) is 0 Å². The Balaban J connectivity index is 1.89. The molecular weight excluding hydrogens is 252 g/mol. The van der Waals surface area contributed by atoms with Crippen LogP contribution in [0.15, 0.2) is 0 Å². The fourth-order valence-electron chi connectivity index (χ4n) is 2.38. The van der Waals surface area contributed by atoms with Crippen molar-refractivity contribution in [3.05, 3.63) is 11.4 Å². The SMILES string of the molecule is [C-]#[N+][C@@H]1CSC2(CCN(C(=O)[C@@H](N)CO)CC2)N1. The lowest BCUT2D eigenvalue weighted by atomic mass is 10.0. The monoisotopic (exact) mass is 270 g/mol. The second-order valence-corrected chi connectivity index (χ2v) is 6.11. The highest BCUT2D eigenvalue weighted by Gasteiger charge is 2.45. The lowest BCUT2D eigenvalue weighted by Crippen LogP contribution is -2.54. The van der Waals surface area contributed by atoms with E-state index in [1.807, 2.05) is 0 Å². The van der Waals surface area contributed by atoms with E-state index in [-0.39, 0.29) is 23.6 Å². The van der Waals surface area contributed by atoms with Crippen molar-refractivity contribution in [2.45, 2.75) is 29.9 Å². The average molecular weight is 270 g/mol. The second kappa shape index (κ2) is 5.45. The van der Waals surface area contributed by atoms with Gasteiger partial charge in [-0.3, -0.25) is 9.64 Å². The summed E-state index contributed by atoms with van der Waals surface area (Å²) < 4.78 is 0. The van der Waals surface area contributed by atoms with Gasteiger partial charge in [0.1, 0.15) is 6.04 Å². The Morgan fingerprint density at radius 2 is 2.33 bits per heavy atom.